The third kappa shape index (κ3) is 3.74. The van der Waals surface area contributed by atoms with Crippen molar-refractivity contribution in [3.63, 3.8) is 0 Å². The highest BCUT2D eigenvalue weighted by Gasteiger charge is 2.40. The molecule has 0 fully saturated rings. The van der Waals surface area contributed by atoms with Crippen LogP contribution in [0.4, 0.5) is 17.1 Å². The van der Waals surface area contributed by atoms with Gasteiger partial charge in [0.05, 0.1) is 22.4 Å². The van der Waals surface area contributed by atoms with Crippen molar-refractivity contribution in [2.75, 3.05) is 37.0 Å². The maximum Gasteiger partial charge on any atom is 0.166 e. The number of imidazole rings is 1. The Kier molecular flexibility index (Phi) is 5.47. The first-order valence-corrected chi connectivity index (χ1v) is 12.1. The minimum Gasteiger partial charge on any atom is -0.342 e. The van der Waals surface area contributed by atoms with E-state index in [0.717, 1.165) is 41.3 Å². The molecule has 0 aliphatic carbocycles. The number of fused-ring (bicyclic) bond motifs is 2. The van der Waals surface area contributed by atoms with Gasteiger partial charge in [-0.3, -0.25) is 4.57 Å². The minimum atomic E-state index is -0.0950. The van der Waals surface area contributed by atoms with Crippen molar-refractivity contribution >= 4 is 28.1 Å². The molecule has 1 aliphatic rings. The van der Waals surface area contributed by atoms with Crippen LogP contribution in [0.1, 0.15) is 12.0 Å². The maximum absolute atomic E-state index is 5.27. The summed E-state index contributed by atoms with van der Waals surface area (Å²) in [6.45, 7) is 1.83. The first kappa shape index (κ1) is 21.4. The van der Waals surface area contributed by atoms with E-state index in [1.54, 1.807) is 0 Å². The van der Waals surface area contributed by atoms with Crippen LogP contribution in [-0.2, 0) is 0 Å². The van der Waals surface area contributed by atoms with Crippen molar-refractivity contribution in [3.8, 4) is 5.69 Å². The van der Waals surface area contributed by atoms with Gasteiger partial charge >= 0.3 is 0 Å². The Morgan fingerprint density at radius 3 is 2.00 bits per heavy atom. The molecule has 35 heavy (non-hydrogen) atoms. The Morgan fingerprint density at radius 2 is 1.29 bits per heavy atom. The Balaban J connectivity index is 1.62. The average Bonchev–Trinajstić information content (AvgIpc) is 3.44. The second-order valence-corrected chi connectivity index (χ2v) is 9.19. The lowest BCUT2D eigenvalue weighted by atomic mass is 10.2. The molecule has 0 amide bonds. The summed E-state index contributed by atoms with van der Waals surface area (Å²) in [5.74, 6) is 1.01. The molecule has 0 saturated heterocycles. The summed E-state index contributed by atoms with van der Waals surface area (Å²) >= 11 is 0. The lowest BCUT2D eigenvalue weighted by molar-refractivity contribution is 0.406. The van der Waals surface area contributed by atoms with Crippen molar-refractivity contribution < 1.29 is 0 Å². The average molecular weight is 460 g/mol. The van der Waals surface area contributed by atoms with Crippen LogP contribution in [0.5, 0.6) is 0 Å². The minimum absolute atomic E-state index is 0.0950. The van der Waals surface area contributed by atoms with E-state index >= 15 is 0 Å². The van der Waals surface area contributed by atoms with Crippen molar-refractivity contribution in [1.29, 1.82) is 0 Å². The lowest BCUT2D eigenvalue weighted by Gasteiger charge is -2.33. The fourth-order valence-corrected chi connectivity index (χ4v) is 5.05. The smallest absolute Gasteiger partial charge is 0.166 e. The molecule has 5 nitrogen and oxygen atoms in total. The highest BCUT2D eigenvalue weighted by atomic mass is 15.4. The van der Waals surface area contributed by atoms with Gasteiger partial charge in [0.15, 0.2) is 12.0 Å². The summed E-state index contributed by atoms with van der Waals surface area (Å²) < 4.78 is 2.32. The molecule has 174 valence electrons. The first-order chi connectivity index (χ1) is 17.2. The Morgan fingerprint density at radius 1 is 0.686 bits per heavy atom. The molecule has 1 aliphatic heterocycles. The number of nitrogens with zero attached hydrogens (tertiary/aromatic N) is 5. The molecular weight excluding hydrogens is 430 g/mol. The predicted octanol–water partition coefficient (Wildman–Crippen LogP) is 6.24. The van der Waals surface area contributed by atoms with Gasteiger partial charge in [-0.25, -0.2) is 4.98 Å². The van der Waals surface area contributed by atoms with Crippen LogP contribution in [-0.4, -0.2) is 41.6 Å². The number of para-hydroxylation sites is 6. The van der Waals surface area contributed by atoms with Gasteiger partial charge in [-0.1, -0.05) is 60.7 Å². The second-order valence-electron chi connectivity index (χ2n) is 9.19. The number of hydrogen-bond donors (Lipinski definition) is 0. The SMILES string of the molecule is CN(C)CCN1c2ccccc2N(c2ccccc2)C1c1nc2ccccc2n1-c1ccccc1. The van der Waals surface area contributed by atoms with Crippen molar-refractivity contribution in [2.45, 2.75) is 6.17 Å². The largest absolute Gasteiger partial charge is 0.342 e. The fraction of sp³-hybridized carbons (Fsp3) is 0.167. The Bertz CT molecular complexity index is 1440. The number of hydrogen-bond acceptors (Lipinski definition) is 4. The van der Waals surface area contributed by atoms with E-state index in [4.69, 9.17) is 4.98 Å². The van der Waals surface area contributed by atoms with E-state index in [1.165, 1.54) is 11.4 Å². The third-order valence-electron chi connectivity index (χ3n) is 6.65. The monoisotopic (exact) mass is 459 g/mol. The molecule has 5 aromatic rings. The van der Waals surface area contributed by atoms with Crippen LogP contribution in [0, 0.1) is 0 Å². The summed E-state index contributed by atoms with van der Waals surface area (Å²) in [5.41, 5.74) is 6.83. The van der Waals surface area contributed by atoms with Crippen LogP contribution < -0.4 is 9.80 Å². The first-order valence-electron chi connectivity index (χ1n) is 12.1. The van der Waals surface area contributed by atoms with Gasteiger partial charge in [0, 0.05) is 24.5 Å². The molecule has 0 saturated carbocycles. The van der Waals surface area contributed by atoms with E-state index in [-0.39, 0.29) is 6.17 Å². The molecule has 0 bridgehead atoms. The number of rotatable bonds is 6. The molecular formula is C30H29N5. The molecule has 1 atom stereocenters. The molecule has 2 heterocycles. The number of anilines is 3. The molecule has 0 radical (unpaired) electrons. The standard InChI is InChI=1S/C30H29N5/c1-32(2)21-22-33-27-19-11-12-20-28(27)35(24-15-7-4-8-16-24)30(33)29-31-25-17-9-10-18-26(25)34(29)23-13-5-3-6-14-23/h3-20,30H,21-22H2,1-2H3. The van der Waals surface area contributed by atoms with E-state index in [9.17, 15) is 0 Å². The van der Waals surface area contributed by atoms with Crippen LogP contribution in [0.2, 0.25) is 0 Å². The van der Waals surface area contributed by atoms with E-state index in [1.807, 2.05) is 0 Å². The quantitative estimate of drug-likeness (QED) is 0.300. The van der Waals surface area contributed by atoms with E-state index < -0.39 is 0 Å². The Hall–Kier alpha value is -4.09. The van der Waals surface area contributed by atoms with Gasteiger partial charge in [-0.05, 0) is 62.6 Å². The highest BCUT2D eigenvalue weighted by Crippen LogP contribution is 2.50. The number of benzene rings is 4. The molecule has 5 heteroatoms. The van der Waals surface area contributed by atoms with Gasteiger partial charge < -0.3 is 14.7 Å². The molecule has 0 N–H and O–H groups in total. The summed E-state index contributed by atoms with van der Waals surface area (Å²) in [7, 11) is 4.26. The van der Waals surface area contributed by atoms with Crippen LogP contribution in [0.3, 0.4) is 0 Å². The van der Waals surface area contributed by atoms with Gasteiger partial charge in [0.2, 0.25) is 0 Å². The zero-order valence-corrected chi connectivity index (χ0v) is 20.1. The lowest BCUT2D eigenvalue weighted by Crippen LogP contribution is -2.38. The second kappa shape index (κ2) is 8.93. The van der Waals surface area contributed by atoms with E-state index in [2.05, 4.69) is 143 Å². The molecule has 1 aromatic heterocycles. The van der Waals surface area contributed by atoms with Gasteiger partial charge in [-0.2, -0.15) is 0 Å². The van der Waals surface area contributed by atoms with Crippen molar-refractivity contribution in [3.05, 3.63) is 115 Å². The van der Waals surface area contributed by atoms with E-state index in [0.29, 0.717) is 0 Å². The highest BCUT2D eigenvalue weighted by molar-refractivity contribution is 5.85. The van der Waals surface area contributed by atoms with Crippen LogP contribution in [0.25, 0.3) is 16.7 Å². The fourth-order valence-electron chi connectivity index (χ4n) is 5.05. The summed E-state index contributed by atoms with van der Waals surface area (Å²) in [5, 5.41) is 0. The van der Waals surface area contributed by atoms with Gasteiger partial charge in [0.1, 0.15) is 0 Å². The molecule has 0 spiro atoms. The topological polar surface area (TPSA) is 27.5 Å². The third-order valence-corrected chi connectivity index (χ3v) is 6.65. The maximum atomic E-state index is 5.27. The number of likely N-dealkylation sites (N-methyl/N-ethyl adjacent to an activating group) is 1. The van der Waals surface area contributed by atoms with Crippen molar-refractivity contribution in [2.24, 2.45) is 0 Å². The van der Waals surface area contributed by atoms with Crippen molar-refractivity contribution in [1.82, 2.24) is 14.5 Å². The van der Waals surface area contributed by atoms with Crippen LogP contribution in [0.15, 0.2) is 109 Å². The number of aromatic nitrogens is 2. The molecule has 4 aromatic carbocycles. The van der Waals surface area contributed by atoms with Crippen LogP contribution >= 0.6 is 0 Å². The van der Waals surface area contributed by atoms with Gasteiger partial charge in [-0.15, -0.1) is 0 Å². The Labute approximate surface area is 206 Å². The normalized spacial score (nSPS) is 15.2. The zero-order chi connectivity index (χ0) is 23.8. The zero-order valence-electron chi connectivity index (χ0n) is 20.1. The summed E-state index contributed by atoms with van der Waals surface area (Å²) in [4.78, 5) is 12.5. The summed E-state index contributed by atoms with van der Waals surface area (Å²) in [6.07, 6.45) is -0.0950. The molecule has 6 rings (SSSR count). The predicted molar refractivity (Wildman–Crippen MR) is 145 cm³/mol. The molecule has 1 unspecified atom stereocenters. The van der Waals surface area contributed by atoms with Gasteiger partial charge in [0.25, 0.3) is 0 Å². The summed E-state index contributed by atoms with van der Waals surface area (Å²) in [6, 6.07) is 38.4.